The van der Waals surface area contributed by atoms with Crippen LogP contribution < -0.4 is 0 Å². The molecule has 0 aliphatic heterocycles. The maximum Gasteiger partial charge on any atom is 0.212 e. The van der Waals surface area contributed by atoms with Gasteiger partial charge in [0.15, 0.2) is 5.78 Å². The van der Waals surface area contributed by atoms with E-state index in [9.17, 15) is 19.8 Å². The fourth-order valence-corrected chi connectivity index (χ4v) is 2.61. The van der Waals surface area contributed by atoms with Crippen molar-refractivity contribution in [2.45, 2.75) is 19.8 Å². The van der Waals surface area contributed by atoms with Gasteiger partial charge in [-0.25, -0.2) is 4.99 Å². The summed E-state index contributed by atoms with van der Waals surface area (Å²) >= 11 is 0. The summed E-state index contributed by atoms with van der Waals surface area (Å²) in [5.74, 6) is -1.60. The first-order chi connectivity index (χ1) is 11.0. The lowest BCUT2D eigenvalue weighted by Crippen LogP contribution is -2.27. The third kappa shape index (κ3) is 2.61. The number of benzene rings is 2. The quantitative estimate of drug-likeness (QED) is 0.834. The molecule has 0 aromatic heterocycles. The number of hydrogen-bond donors (Lipinski definition) is 2. The molecule has 2 aromatic rings. The highest BCUT2D eigenvalue weighted by Gasteiger charge is 2.34. The average Bonchev–Trinajstić information content (AvgIpc) is 2.55. The molecule has 0 saturated carbocycles. The highest BCUT2D eigenvalue weighted by Crippen LogP contribution is 2.34. The van der Waals surface area contributed by atoms with Gasteiger partial charge in [0.05, 0.1) is 28.9 Å². The molecular formula is C18H15NO4. The van der Waals surface area contributed by atoms with E-state index in [2.05, 4.69) is 4.99 Å². The van der Waals surface area contributed by atoms with E-state index in [0.717, 1.165) is 12.0 Å². The van der Waals surface area contributed by atoms with E-state index in [0.29, 0.717) is 5.69 Å². The maximum absolute atomic E-state index is 12.5. The van der Waals surface area contributed by atoms with Gasteiger partial charge in [0.1, 0.15) is 11.5 Å². The Morgan fingerprint density at radius 3 is 2.17 bits per heavy atom. The molecule has 0 atom stereocenters. The first-order valence-electron chi connectivity index (χ1n) is 7.30. The third-order valence-corrected chi connectivity index (χ3v) is 3.87. The zero-order chi connectivity index (χ0) is 16.6. The molecule has 116 valence electrons. The molecular weight excluding hydrogens is 294 g/mol. The number of phenolic OH excluding ortho intramolecular Hbond substituents is 2. The molecule has 3 rings (SSSR count). The summed E-state index contributed by atoms with van der Waals surface area (Å²) in [5.41, 5.74) is 1.47. The summed E-state index contributed by atoms with van der Waals surface area (Å²) in [4.78, 5) is 29.0. The lowest BCUT2D eigenvalue weighted by Gasteiger charge is -2.17. The summed E-state index contributed by atoms with van der Waals surface area (Å²) in [6.45, 7) is 2.04. The number of phenols is 2. The highest BCUT2D eigenvalue weighted by atomic mass is 16.3. The monoisotopic (exact) mass is 309 g/mol. The fourth-order valence-electron chi connectivity index (χ4n) is 2.61. The molecule has 0 amide bonds. The van der Waals surface area contributed by atoms with Crippen LogP contribution in [-0.4, -0.2) is 27.5 Å². The second-order valence-corrected chi connectivity index (χ2v) is 5.36. The van der Waals surface area contributed by atoms with Crippen LogP contribution in [0.4, 0.5) is 5.69 Å². The Bertz CT molecular complexity index is 835. The van der Waals surface area contributed by atoms with Crippen molar-refractivity contribution < 1.29 is 19.8 Å². The molecule has 2 aromatic carbocycles. The van der Waals surface area contributed by atoms with Crippen LogP contribution in [0.3, 0.4) is 0 Å². The smallest absolute Gasteiger partial charge is 0.212 e. The number of fused-ring (bicyclic) bond motifs is 1. The molecule has 2 N–H and O–H groups in total. The molecule has 0 fully saturated rings. The summed E-state index contributed by atoms with van der Waals surface area (Å²) in [6, 6.07) is 9.77. The second kappa shape index (κ2) is 5.68. The molecule has 0 spiro atoms. The summed E-state index contributed by atoms with van der Waals surface area (Å²) in [5, 5.41) is 19.7. The Morgan fingerprint density at radius 1 is 0.957 bits per heavy atom. The lowest BCUT2D eigenvalue weighted by atomic mass is 9.86. The van der Waals surface area contributed by atoms with Crippen LogP contribution in [0.1, 0.15) is 39.6 Å². The van der Waals surface area contributed by atoms with Gasteiger partial charge in [-0.2, -0.15) is 0 Å². The molecule has 5 nitrogen and oxygen atoms in total. The number of Topliss-reactive ketones (excluding diaryl/α,β-unsaturated/α-hetero) is 2. The van der Waals surface area contributed by atoms with Gasteiger partial charge in [-0.05, 0) is 36.2 Å². The van der Waals surface area contributed by atoms with Gasteiger partial charge in [0.2, 0.25) is 5.78 Å². The number of nitrogens with zero attached hydrogens (tertiary/aromatic N) is 1. The number of ketones is 2. The van der Waals surface area contributed by atoms with Gasteiger partial charge in [-0.15, -0.1) is 0 Å². The van der Waals surface area contributed by atoms with Crippen LogP contribution in [0.2, 0.25) is 0 Å². The van der Waals surface area contributed by atoms with Crippen molar-refractivity contribution in [3.05, 3.63) is 53.1 Å². The fraction of sp³-hybridized carbons (Fsp3) is 0.167. The molecule has 1 aliphatic rings. The Balaban J connectivity index is 2.06. The lowest BCUT2D eigenvalue weighted by molar-refractivity contribution is 0.0960. The van der Waals surface area contributed by atoms with Crippen molar-refractivity contribution in [1.29, 1.82) is 0 Å². The van der Waals surface area contributed by atoms with Crippen LogP contribution in [0.15, 0.2) is 41.4 Å². The first kappa shape index (κ1) is 15.0. The van der Waals surface area contributed by atoms with Crippen molar-refractivity contribution >= 4 is 23.0 Å². The second-order valence-electron chi connectivity index (χ2n) is 5.36. The molecule has 0 unspecified atom stereocenters. The normalized spacial score (nSPS) is 15.8. The van der Waals surface area contributed by atoms with Gasteiger partial charge in [0, 0.05) is 0 Å². The Kier molecular flexibility index (Phi) is 3.70. The first-order valence-corrected chi connectivity index (χ1v) is 7.30. The molecule has 0 saturated heterocycles. The molecule has 0 bridgehead atoms. The van der Waals surface area contributed by atoms with E-state index in [1.807, 2.05) is 19.1 Å². The Morgan fingerprint density at radius 2 is 1.57 bits per heavy atom. The van der Waals surface area contributed by atoms with Crippen molar-refractivity contribution in [3.63, 3.8) is 0 Å². The summed E-state index contributed by atoms with van der Waals surface area (Å²) in [6.07, 6.45) is 0.702. The van der Waals surface area contributed by atoms with Crippen LogP contribution in [-0.2, 0) is 6.42 Å². The Hall–Kier alpha value is -2.95. The van der Waals surface area contributed by atoms with Crippen LogP contribution >= 0.6 is 0 Å². The van der Waals surface area contributed by atoms with Gasteiger partial charge in [0.25, 0.3) is 0 Å². The number of hydrogen-bond acceptors (Lipinski definition) is 5. The number of aliphatic imine (C=N–C) groups is 1. The van der Waals surface area contributed by atoms with Crippen LogP contribution in [0.5, 0.6) is 11.5 Å². The zero-order valence-electron chi connectivity index (χ0n) is 12.5. The topological polar surface area (TPSA) is 87.0 Å². The van der Waals surface area contributed by atoms with Crippen molar-refractivity contribution in [2.24, 2.45) is 4.99 Å². The van der Waals surface area contributed by atoms with E-state index < -0.39 is 11.6 Å². The SMILES string of the molecule is CCc1ccc(N=C2CC(=O)c3c(O)ccc(O)c3C2=O)cc1. The molecule has 23 heavy (non-hydrogen) atoms. The van der Waals surface area contributed by atoms with Crippen LogP contribution in [0, 0.1) is 0 Å². The minimum absolute atomic E-state index is 0.0626. The molecule has 5 heteroatoms. The van der Waals surface area contributed by atoms with Gasteiger partial charge in [-0.3, -0.25) is 9.59 Å². The highest BCUT2D eigenvalue weighted by molar-refractivity contribution is 6.53. The molecule has 0 heterocycles. The van der Waals surface area contributed by atoms with Crippen molar-refractivity contribution in [3.8, 4) is 11.5 Å². The standard InChI is InChI=1S/C18H15NO4/c1-2-10-3-5-11(6-4-10)19-12-9-15(22)16-13(20)7-8-14(21)17(16)18(12)23/h3-8,20-21H,2,9H2,1H3. The number of rotatable bonds is 2. The van der Waals surface area contributed by atoms with Gasteiger partial charge < -0.3 is 10.2 Å². The van der Waals surface area contributed by atoms with E-state index in [-0.39, 0.29) is 34.8 Å². The van der Waals surface area contributed by atoms with E-state index in [1.54, 1.807) is 12.1 Å². The third-order valence-electron chi connectivity index (χ3n) is 3.87. The largest absolute Gasteiger partial charge is 0.507 e. The number of aromatic hydroxyl groups is 2. The van der Waals surface area contributed by atoms with E-state index in [4.69, 9.17) is 0 Å². The minimum Gasteiger partial charge on any atom is -0.507 e. The molecule has 0 radical (unpaired) electrons. The van der Waals surface area contributed by atoms with E-state index >= 15 is 0 Å². The summed E-state index contributed by atoms with van der Waals surface area (Å²) in [7, 11) is 0. The van der Waals surface area contributed by atoms with Gasteiger partial charge in [-0.1, -0.05) is 19.1 Å². The number of carbonyl (C=O) groups excluding carboxylic acids is 2. The van der Waals surface area contributed by atoms with Gasteiger partial charge >= 0.3 is 0 Å². The predicted molar refractivity (Wildman–Crippen MR) is 86.0 cm³/mol. The van der Waals surface area contributed by atoms with Crippen LogP contribution in [0.25, 0.3) is 0 Å². The zero-order valence-corrected chi connectivity index (χ0v) is 12.5. The minimum atomic E-state index is -0.535. The van der Waals surface area contributed by atoms with E-state index in [1.165, 1.54) is 12.1 Å². The predicted octanol–water partition coefficient (Wildman–Crippen LogP) is 3.20. The molecule has 1 aliphatic carbocycles. The maximum atomic E-state index is 12.5. The summed E-state index contributed by atoms with van der Waals surface area (Å²) < 4.78 is 0. The Labute approximate surface area is 132 Å². The number of carbonyl (C=O) groups is 2. The number of aryl methyl sites for hydroxylation is 1. The average molecular weight is 309 g/mol. The van der Waals surface area contributed by atoms with Crippen molar-refractivity contribution in [2.75, 3.05) is 0 Å². The van der Waals surface area contributed by atoms with Crippen molar-refractivity contribution in [1.82, 2.24) is 0 Å².